The summed E-state index contributed by atoms with van der Waals surface area (Å²) in [5.41, 5.74) is 2.97. The summed E-state index contributed by atoms with van der Waals surface area (Å²) in [6.45, 7) is 20.4. The molecule has 59 heavy (non-hydrogen) atoms. The minimum absolute atomic E-state index is 0.127. The maximum Gasteiger partial charge on any atom is 0.297 e. The van der Waals surface area contributed by atoms with Gasteiger partial charge in [0.15, 0.2) is 22.7 Å². The van der Waals surface area contributed by atoms with Crippen molar-refractivity contribution in [2.24, 2.45) is 20.5 Å². The first-order valence-corrected chi connectivity index (χ1v) is 22.0. The molecule has 0 bridgehead atoms. The van der Waals surface area contributed by atoms with Crippen molar-refractivity contribution in [3.05, 3.63) is 69.2 Å². The van der Waals surface area contributed by atoms with Crippen LogP contribution in [0.3, 0.4) is 0 Å². The van der Waals surface area contributed by atoms with E-state index in [-0.39, 0.29) is 34.6 Å². The lowest BCUT2D eigenvalue weighted by Gasteiger charge is -2.22. The minimum Gasteiger partial charge on any atom is -0.372 e. The third-order valence-electron chi connectivity index (χ3n) is 8.39. The molecule has 5 rings (SSSR count). The van der Waals surface area contributed by atoms with Crippen LogP contribution in [-0.4, -0.2) is 72.4 Å². The molecule has 22 heteroatoms. The number of thioether (sulfide) groups is 1. The van der Waals surface area contributed by atoms with E-state index in [9.17, 15) is 27.8 Å². The fourth-order valence-corrected chi connectivity index (χ4v) is 8.90. The summed E-state index contributed by atoms with van der Waals surface area (Å²) in [7, 11) is -4.92. The molecule has 0 saturated carbocycles. The maximum atomic E-state index is 12.0. The normalized spacial score (nSPS) is 11.4. The standard InChI is InChI=1S/C37H37N13O5S4/c1-7-49(8-2)22-12-14-26(45-47-33-25(19-38)32(59(53,54)55)31(21-52)58-33)28(16-22)40-35-42-36(44-37(43-35)56-11-5)41-29-17-23(50(9-3)10-4)13-15-27(29)46-48-34-30(39-6)18-24(20-51)57-34/h12-18,20-21H,7-11H2,1-5H3,(H,53,54,55)(H2,40,41,42,43,44). The Morgan fingerprint density at radius 3 is 1.81 bits per heavy atom. The van der Waals surface area contributed by atoms with Gasteiger partial charge in [-0.1, -0.05) is 18.7 Å². The molecule has 0 atom stereocenters. The number of azo groups is 2. The topological polar surface area (TPSA) is 235 Å². The summed E-state index contributed by atoms with van der Waals surface area (Å²) < 4.78 is 33.8. The van der Waals surface area contributed by atoms with Gasteiger partial charge < -0.3 is 20.4 Å². The van der Waals surface area contributed by atoms with Crippen LogP contribution in [0.5, 0.6) is 0 Å². The number of hydrogen-bond acceptors (Lipinski definition) is 19. The average Bonchev–Trinajstić information content (AvgIpc) is 3.82. The molecule has 0 spiro atoms. The number of benzene rings is 2. The first-order chi connectivity index (χ1) is 28.4. The zero-order valence-electron chi connectivity index (χ0n) is 32.4. The Labute approximate surface area is 352 Å². The van der Waals surface area contributed by atoms with Gasteiger partial charge in [0.05, 0.1) is 27.7 Å². The van der Waals surface area contributed by atoms with E-state index in [2.05, 4.69) is 55.7 Å². The lowest BCUT2D eigenvalue weighted by atomic mass is 10.2. The van der Waals surface area contributed by atoms with Crippen molar-refractivity contribution in [2.45, 2.75) is 44.7 Å². The van der Waals surface area contributed by atoms with Gasteiger partial charge in [0, 0.05) is 37.6 Å². The summed E-state index contributed by atoms with van der Waals surface area (Å²) in [5, 5.41) is 34.0. The quantitative estimate of drug-likeness (QED) is 0.0230. The number of nitrogens with one attached hydrogen (secondary N) is 2. The number of rotatable bonds is 19. The van der Waals surface area contributed by atoms with Crippen LogP contribution < -0.4 is 20.4 Å². The molecule has 3 aromatic heterocycles. The molecule has 0 aliphatic rings. The molecule has 2 aromatic carbocycles. The van der Waals surface area contributed by atoms with Crippen molar-refractivity contribution in [1.29, 1.82) is 5.26 Å². The van der Waals surface area contributed by atoms with E-state index in [4.69, 9.17) is 11.6 Å². The second-order valence-corrected chi connectivity index (χ2v) is 16.5. The van der Waals surface area contributed by atoms with Crippen LogP contribution in [0.1, 0.15) is 59.5 Å². The smallest absolute Gasteiger partial charge is 0.297 e. The number of thiophene rings is 2. The number of aromatic nitrogens is 3. The zero-order valence-corrected chi connectivity index (χ0v) is 35.6. The summed E-state index contributed by atoms with van der Waals surface area (Å²) in [5.74, 6) is 0.925. The number of nitrogens with zero attached hydrogens (tertiary/aromatic N) is 11. The van der Waals surface area contributed by atoms with E-state index in [0.29, 0.717) is 68.6 Å². The lowest BCUT2D eigenvalue weighted by Crippen LogP contribution is -2.21. The Morgan fingerprint density at radius 1 is 0.831 bits per heavy atom. The highest BCUT2D eigenvalue weighted by Gasteiger charge is 2.27. The Kier molecular flexibility index (Phi) is 14.9. The maximum absolute atomic E-state index is 12.0. The Bertz CT molecular complexity index is 2600. The van der Waals surface area contributed by atoms with Crippen molar-refractivity contribution < 1.29 is 22.6 Å². The Hall–Kier alpha value is -6.17. The van der Waals surface area contributed by atoms with Crippen LogP contribution in [-0.2, 0) is 10.1 Å². The number of nitriles is 1. The molecule has 0 fully saturated rings. The van der Waals surface area contributed by atoms with Crippen molar-refractivity contribution >= 4 is 119 Å². The molecule has 18 nitrogen and oxygen atoms in total. The van der Waals surface area contributed by atoms with Gasteiger partial charge in [-0.3, -0.25) is 14.1 Å². The molecule has 3 N–H and O–H groups in total. The summed E-state index contributed by atoms with van der Waals surface area (Å²) >= 11 is 3.03. The fourth-order valence-electron chi connectivity index (χ4n) is 5.62. The van der Waals surface area contributed by atoms with Crippen LogP contribution >= 0.6 is 34.4 Å². The molecule has 3 heterocycles. The van der Waals surface area contributed by atoms with E-state index < -0.39 is 25.5 Å². The first kappa shape index (κ1) is 43.9. The highest BCUT2D eigenvalue weighted by atomic mass is 32.2. The van der Waals surface area contributed by atoms with Crippen molar-refractivity contribution in [2.75, 3.05) is 52.4 Å². The van der Waals surface area contributed by atoms with Gasteiger partial charge in [-0.2, -0.15) is 33.7 Å². The molecular weight excluding hydrogens is 835 g/mol. The Balaban J connectivity index is 1.60. The summed E-state index contributed by atoms with van der Waals surface area (Å²) in [6, 6.07) is 14.1. The van der Waals surface area contributed by atoms with E-state index in [1.54, 1.807) is 18.2 Å². The predicted molar refractivity (Wildman–Crippen MR) is 231 cm³/mol. The van der Waals surface area contributed by atoms with E-state index in [1.165, 1.54) is 17.8 Å². The molecule has 0 amide bonds. The number of carbonyl (C=O) groups excluding carboxylic acids is 2. The number of hydrogen-bond donors (Lipinski definition) is 3. The third-order valence-corrected chi connectivity index (χ3v) is 12.1. The Morgan fingerprint density at radius 2 is 1.37 bits per heavy atom. The highest BCUT2D eigenvalue weighted by Crippen LogP contribution is 2.42. The van der Waals surface area contributed by atoms with Gasteiger partial charge in [0.1, 0.15) is 32.9 Å². The van der Waals surface area contributed by atoms with Gasteiger partial charge in [-0.15, -0.1) is 38.0 Å². The monoisotopic (exact) mass is 871 g/mol. The second kappa shape index (κ2) is 20.0. The van der Waals surface area contributed by atoms with Crippen molar-refractivity contribution in [3.8, 4) is 6.07 Å². The number of aldehydes is 2. The van der Waals surface area contributed by atoms with Gasteiger partial charge in [-0.25, -0.2) is 4.85 Å². The van der Waals surface area contributed by atoms with Gasteiger partial charge in [0.2, 0.25) is 17.6 Å². The molecule has 0 aliphatic heterocycles. The van der Waals surface area contributed by atoms with E-state index in [0.717, 1.165) is 35.8 Å². The average molecular weight is 872 g/mol. The van der Waals surface area contributed by atoms with Crippen LogP contribution in [0, 0.1) is 17.9 Å². The molecule has 5 aromatic rings. The van der Waals surface area contributed by atoms with E-state index >= 15 is 0 Å². The van der Waals surface area contributed by atoms with Crippen LogP contribution in [0.25, 0.3) is 4.85 Å². The third kappa shape index (κ3) is 10.5. The van der Waals surface area contributed by atoms with Crippen LogP contribution in [0.2, 0.25) is 0 Å². The van der Waals surface area contributed by atoms with Crippen molar-refractivity contribution in [3.63, 3.8) is 0 Å². The van der Waals surface area contributed by atoms with Gasteiger partial charge in [-0.05, 0) is 75.9 Å². The van der Waals surface area contributed by atoms with Gasteiger partial charge in [0.25, 0.3) is 10.1 Å². The second-order valence-electron chi connectivity index (χ2n) is 11.8. The largest absolute Gasteiger partial charge is 0.372 e. The van der Waals surface area contributed by atoms with Crippen LogP contribution in [0.15, 0.2) is 73.0 Å². The van der Waals surface area contributed by atoms with Crippen LogP contribution in [0.4, 0.5) is 61.7 Å². The molecule has 0 aliphatic carbocycles. The fraction of sp³-hybridized carbons (Fsp3) is 0.270. The lowest BCUT2D eigenvalue weighted by molar-refractivity contribution is 0.111. The molecular formula is C37H37N13O5S4. The molecule has 0 saturated heterocycles. The first-order valence-electron chi connectivity index (χ1n) is 17.9. The number of carbonyl (C=O) groups is 2. The SMILES string of the molecule is [C-]#[N+]c1cc(C=O)sc1N=Nc1ccc(N(CC)CC)cc1Nc1nc(Nc2cc(N(CC)CC)ccc2N=Nc2sc(C=O)c(S(=O)(=O)O)c2C#N)nc(SCC)n1. The zero-order chi connectivity index (χ0) is 42.7. The molecule has 0 radical (unpaired) electrons. The summed E-state index contributed by atoms with van der Waals surface area (Å²) in [4.78, 5) is 43.9. The minimum atomic E-state index is -4.92. The van der Waals surface area contributed by atoms with Crippen molar-refractivity contribution in [1.82, 2.24) is 15.0 Å². The van der Waals surface area contributed by atoms with Gasteiger partial charge >= 0.3 is 0 Å². The highest BCUT2D eigenvalue weighted by molar-refractivity contribution is 7.99. The predicted octanol–water partition coefficient (Wildman–Crippen LogP) is 10.4. The molecule has 304 valence electrons. The summed E-state index contributed by atoms with van der Waals surface area (Å²) in [6.07, 6.45) is 0.887. The number of anilines is 6. The molecule has 0 unspecified atom stereocenters. The van der Waals surface area contributed by atoms with E-state index in [1.807, 2.05) is 58.9 Å².